The van der Waals surface area contributed by atoms with E-state index in [9.17, 15) is 9.59 Å². The summed E-state index contributed by atoms with van der Waals surface area (Å²) in [6, 6.07) is 17.9. The van der Waals surface area contributed by atoms with Gasteiger partial charge in [0.2, 0.25) is 0 Å². The first kappa shape index (κ1) is 29.8. The fraction of sp³-hybridized carbons (Fsp3) is 0.222. The van der Waals surface area contributed by atoms with Crippen molar-refractivity contribution in [2.75, 3.05) is 0 Å². The summed E-state index contributed by atoms with van der Waals surface area (Å²) >= 11 is 0. The molecule has 0 aliphatic heterocycles. The smallest absolute Gasteiger partial charge is 0.343 e. The zero-order valence-electron chi connectivity index (χ0n) is 23.2. The van der Waals surface area contributed by atoms with E-state index in [0.717, 1.165) is 49.7 Å². The fourth-order valence-corrected chi connectivity index (χ4v) is 4.07. The van der Waals surface area contributed by atoms with Gasteiger partial charge in [-0.15, -0.1) is 0 Å². The minimum absolute atomic E-state index is 0.346. The monoisotopic (exact) mass is 530 g/mol. The van der Waals surface area contributed by atoms with Gasteiger partial charge in [-0.1, -0.05) is 61.1 Å². The number of carbonyl (C=O) groups excluding carboxylic acids is 2. The van der Waals surface area contributed by atoms with Crippen molar-refractivity contribution in [2.24, 2.45) is 0 Å². The summed E-state index contributed by atoms with van der Waals surface area (Å²) in [5, 5.41) is 0. The van der Waals surface area contributed by atoms with Gasteiger partial charge < -0.3 is 9.47 Å². The highest BCUT2D eigenvalue weighted by atomic mass is 16.5. The Morgan fingerprint density at radius 2 is 1.07 bits per heavy atom. The topological polar surface area (TPSA) is 52.6 Å². The van der Waals surface area contributed by atoms with Gasteiger partial charge in [-0.3, -0.25) is 0 Å². The predicted octanol–water partition coefficient (Wildman–Crippen LogP) is 7.77. The van der Waals surface area contributed by atoms with E-state index in [1.807, 2.05) is 50.2 Å². The molecule has 0 amide bonds. The minimum Gasteiger partial charge on any atom is -0.423 e. The Hall–Kier alpha value is -4.80. The summed E-state index contributed by atoms with van der Waals surface area (Å²) in [6.45, 7) is 11.0. The Labute approximate surface area is 237 Å². The molecule has 202 valence electrons. The van der Waals surface area contributed by atoms with Crippen molar-refractivity contribution in [3.8, 4) is 35.2 Å². The van der Waals surface area contributed by atoms with Gasteiger partial charge in [0.05, 0.1) is 11.1 Å². The van der Waals surface area contributed by atoms with E-state index < -0.39 is 11.9 Å². The summed E-state index contributed by atoms with van der Waals surface area (Å²) in [5.74, 6) is 11.8. The Morgan fingerprint density at radius 3 is 1.43 bits per heavy atom. The van der Waals surface area contributed by atoms with Crippen molar-refractivity contribution >= 4 is 11.9 Å². The van der Waals surface area contributed by atoms with Gasteiger partial charge in [0.25, 0.3) is 0 Å². The highest BCUT2D eigenvalue weighted by Crippen LogP contribution is 2.23. The molecule has 3 aromatic carbocycles. The van der Waals surface area contributed by atoms with Crippen molar-refractivity contribution in [2.45, 2.75) is 52.4 Å². The maximum atomic E-state index is 12.7. The van der Waals surface area contributed by atoms with Crippen LogP contribution in [0.1, 0.15) is 68.7 Å². The zero-order chi connectivity index (χ0) is 28.7. The Balaban J connectivity index is 1.55. The number of esters is 2. The lowest BCUT2D eigenvalue weighted by molar-refractivity contribution is 0.0719. The van der Waals surface area contributed by atoms with Gasteiger partial charge in [0, 0.05) is 12.8 Å². The second-order valence-corrected chi connectivity index (χ2v) is 9.31. The second kappa shape index (κ2) is 15.6. The number of aryl methyl sites for hydroxylation is 4. The Morgan fingerprint density at radius 1 is 0.675 bits per heavy atom. The van der Waals surface area contributed by atoms with Crippen LogP contribution in [0, 0.1) is 37.5 Å². The summed E-state index contributed by atoms with van der Waals surface area (Å²) in [7, 11) is 0. The van der Waals surface area contributed by atoms with Crippen molar-refractivity contribution in [3.63, 3.8) is 0 Å². The van der Waals surface area contributed by atoms with Crippen LogP contribution in [0.3, 0.4) is 0 Å². The van der Waals surface area contributed by atoms with Crippen molar-refractivity contribution in [1.29, 1.82) is 0 Å². The minimum atomic E-state index is -0.489. The largest absolute Gasteiger partial charge is 0.423 e. The highest BCUT2D eigenvalue weighted by Gasteiger charge is 2.14. The van der Waals surface area contributed by atoms with Gasteiger partial charge in [0.1, 0.15) is 11.5 Å². The second-order valence-electron chi connectivity index (χ2n) is 9.31. The van der Waals surface area contributed by atoms with Gasteiger partial charge >= 0.3 is 11.9 Å². The first-order chi connectivity index (χ1) is 19.4. The van der Waals surface area contributed by atoms with Crippen LogP contribution in [0.5, 0.6) is 11.5 Å². The lowest BCUT2D eigenvalue weighted by Gasteiger charge is -2.11. The van der Waals surface area contributed by atoms with Crippen molar-refractivity contribution in [1.82, 2.24) is 0 Å². The quantitative estimate of drug-likeness (QED) is 0.116. The number of carbonyl (C=O) groups is 2. The molecule has 3 aromatic rings. The van der Waals surface area contributed by atoms with Crippen LogP contribution in [0.4, 0.5) is 0 Å². The molecular weight excluding hydrogens is 496 g/mol. The fourth-order valence-electron chi connectivity index (χ4n) is 4.07. The third-order valence-corrected chi connectivity index (χ3v) is 6.18. The normalized spacial score (nSPS) is 9.85. The molecule has 0 saturated carbocycles. The molecule has 0 aliphatic rings. The molecule has 40 heavy (non-hydrogen) atoms. The molecule has 0 radical (unpaired) electrons. The van der Waals surface area contributed by atoms with Crippen molar-refractivity contribution < 1.29 is 19.1 Å². The number of rotatable bonds is 10. The summed E-state index contributed by atoms with van der Waals surface area (Å²) in [4.78, 5) is 25.5. The maximum absolute atomic E-state index is 12.7. The van der Waals surface area contributed by atoms with Crippen LogP contribution in [-0.2, 0) is 12.8 Å². The van der Waals surface area contributed by atoms with Crippen LogP contribution in [-0.4, -0.2) is 11.9 Å². The van der Waals surface area contributed by atoms with E-state index in [0.29, 0.717) is 22.6 Å². The van der Waals surface area contributed by atoms with Crippen LogP contribution >= 0.6 is 0 Å². The molecule has 3 rings (SSSR count). The summed E-state index contributed by atoms with van der Waals surface area (Å²) in [5.41, 5.74) is 4.79. The van der Waals surface area contributed by atoms with Gasteiger partial charge in [-0.05, 0) is 110 Å². The average Bonchev–Trinajstić information content (AvgIpc) is 2.95. The number of unbranched alkanes of at least 4 members (excludes halogenated alkanes) is 2. The predicted molar refractivity (Wildman–Crippen MR) is 161 cm³/mol. The molecule has 0 unspecified atom stereocenters. The maximum Gasteiger partial charge on any atom is 0.343 e. The standard InChI is InChI=1S/C36H34O4/c1-5-7-9-11-13-15-29-17-23-33(27(3)25-29)39-35(37)31-19-21-32(22-20-31)36(38)40-34-24-18-30(26-28(34)4)16-14-12-10-8-6-2/h5-6,17-26H,1-2,11-16H2,3-4H3. The molecular formula is C36H34O4. The third-order valence-electron chi connectivity index (χ3n) is 6.18. The van der Waals surface area contributed by atoms with Gasteiger partial charge in [0.15, 0.2) is 0 Å². The first-order valence-corrected chi connectivity index (χ1v) is 13.3. The van der Waals surface area contributed by atoms with Gasteiger partial charge in [-0.25, -0.2) is 9.59 Å². The number of hydrogen-bond donors (Lipinski definition) is 0. The molecule has 0 N–H and O–H groups in total. The number of allylic oxidation sites excluding steroid dienone is 2. The molecule has 4 heteroatoms. The van der Waals surface area contributed by atoms with E-state index in [2.05, 4.69) is 36.8 Å². The van der Waals surface area contributed by atoms with E-state index >= 15 is 0 Å². The summed E-state index contributed by atoms with van der Waals surface area (Å²) in [6.07, 6.45) is 8.51. The third kappa shape index (κ3) is 9.19. The van der Waals surface area contributed by atoms with Crippen LogP contribution < -0.4 is 9.47 Å². The highest BCUT2D eigenvalue weighted by molar-refractivity contribution is 5.95. The average molecular weight is 531 g/mol. The molecule has 0 aromatic heterocycles. The Bertz CT molecular complexity index is 1370. The zero-order valence-corrected chi connectivity index (χ0v) is 23.2. The van der Waals surface area contributed by atoms with E-state index in [4.69, 9.17) is 9.47 Å². The van der Waals surface area contributed by atoms with E-state index in [-0.39, 0.29) is 0 Å². The molecule has 0 fully saturated rings. The summed E-state index contributed by atoms with van der Waals surface area (Å²) < 4.78 is 11.2. The molecule has 0 atom stereocenters. The number of benzene rings is 3. The molecule has 4 nitrogen and oxygen atoms in total. The lowest BCUT2D eigenvalue weighted by atomic mass is 10.0. The van der Waals surface area contributed by atoms with Crippen LogP contribution in [0.25, 0.3) is 0 Å². The number of ether oxygens (including phenoxy) is 2. The van der Waals surface area contributed by atoms with E-state index in [1.165, 1.54) is 11.1 Å². The van der Waals surface area contributed by atoms with Gasteiger partial charge in [-0.2, -0.15) is 0 Å². The molecule has 0 bridgehead atoms. The SMILES string of the molecule is C=CC#CCCCc1ccc(OC(=O)c2ccc(C(=O)Oc3ccc(CCCC#CC=C)cc3C)cc2)c(C)c1. The lowest BCUT2D eigenvalue weighted by Crippen LogP contribution is -2.12. The molecule has 0 spiro atoms. The van der Waals surface area contributed by atoms with Crippen LogP contribution in [0.2, 0.25) is 0 Å². The molecule has 0 heterocycles. The Kier molecular flexibility index (Phi) is 11.6. The first-order valence-electron chi connectivity index (χ1n) is 13.3. The van der Waals surface area contributed by atoms with E-state index in [1.54, 1.807) is 36.4 Å². The van der Waals surface area contributed by atoms with Crippen LogP contribution in [0.15, 0.2) is 86.0 Å². The van der Waals surface area contributed by atoms with Crippen molar-refractivity contribution in [3.05, 3.63) is 119 Å². The number of hydrogen-bond acceptors (Lipinski definition) is 4. The molecule has 0 aliphatic carbocycles. The molecule has 0 saturated heterocycles.